The van der Waals surface area contributed by atoms with Crippen molar-refractivity contribution < 1.29 is 14.3 Å². The molecule has 7 nitrogen and oxygen atoms in total. The van der Waals surface area contributed by atoms with Crippen molar-refractivity contribution in [2.45, 2.75) is 13.8 Å². The van der Waals surface area contributed by atoms with E-state index in [1.54, 1.807) is 37.5 Å². The number of carbonyl (C=O) groups excluding carboxylic acids is 2. The Morgan fingerprint density at radius 1 is 1.11 bits per heavy atom. The van der Waals surface area contributed by atoms with Crippen molar-refractivity contribution in [1.82, 2.24) is 0 Å². The largest absolute Gasteiger partial charge is 0.497 e. The highest BCUT2D eigenvalue weighted by Gasteiger charge is 2.32. The molecular weight excluding hydrogens is 472 g/mol. The first-order valence-corrected chi connectivity index (χ1v) is 12.2. The number of methoxy groups -OCH3 is 1. The third kappa shape index (κ3) is 5.65. The van der Waals surface area contributed by atoms with Gasteiger partial charge in [0.2, 0.25) is 5.91 Å². The molecule has 2 amide bonds. The molecule has 0 spiro atoms. The second-order valence-corrected chi connectivity index (χ2v) is 9.12. The van der Waals surface area contributed by atoms with Crippen LogP contribution in [0.15, 0.2) is 77.4 Å². The standard InChI is InChI=1S/C28H24N4O3S/c1-18-12-19(2)14-22(13-18)32-27(34)25(15-20-8-10-23(35-3)11-9-20)31-28(32)36-17-26(33)30-24-7-5-4-6-21(24)16-29/h4-15H,17H2,1-3H3,(H,30,33)/b25-15-. The number of aryl methyl sites for hydroxylation is 2. The van der Waals surface area contributed by atoms with Gasteiger partial charge in [-0.05, 0) is 73.0 Å². The molecule has 0 radical (unpaired) electrons. The van der Waals surface area contributed by atoms with Crippen molar-refractivity contribution in [3.63, 3.8) is 0 Å². The Balaban J connectivity index is 1.60. The molecule has 1 N–H and O–H groups in total. The number of hydrogen-bond acceptors (Lipinski definition) is 6. The molecule has 36 heavy (non-hydrogen) atoms. The third-order valence-electron chi connectivity index (χ3n) is 5.37. The molecule has 3 aromatic rings. The number of thioether (sulfide) groups is 1. The van der Waals surface area contributed by atoms with E-state index in [1.165, 1.54) is 4.90 Å². The topological polar surface area (TPSA) is 94.8 Å². The van der Waals surface area contributed by atoms with Crippen molar-refractivity contribution >= 4 is 46.2 Å². The molecule has 0 fully saturated rings. The van der Waals surface area contributed by atoms with Crippen LogP contribution >= 0.6 is 11.8 Å². The predicted octanol–water partition coefficient (Wildman–Crippen LogP) is 5.30. The third-order valence-corrected chi connectivity index (χ3v) is 6.31. The van der Waals surface area contributed by atoms with E-state index >= 15 is 0 Å². The first-order chi connectivity index (χ1) is 17.4. The fourth-order valence-corrected chi connectivity index (χ4v) is 4.58. The number of rotatable bonds is 6. The van der Waals surface area contributed by atoms with E-state index < -0.39 is 0 Å². The first-order valence-electron chi connectivity index (χ1n) is 11.2. The zero-order valence-corrected chi connectivity index (χ0v) is 20.9. The summed E-state index contributed by atoms with van der Waals surface area (Å²) < 4.78 is 5.20. The van der Waals surface area contributed by atoms with E-state index in [4.69, 9.17) is 4.74 Å². The summed E-state index contributed by atoms with van der Waals surface area (Å²) in [6.07, 6.45) is 1.72. The highest BCUT2D eigenvalue weighted by atomic mass is 32.2. The van der Waals surface area contributed by atoms with Gasteiger partial charge in [0, 0.05) is 0 Å². The number of amidine groups is 1. The molecule has 0 bridgehead atoms. The summed E-state index contributed by atoms with van der Waals surface area (Å²) in [6, 6.07) is 22.1. The lowest BCUT2D eigenvalue weighted by atomic mass is 10.1. The summed E-state index contributed by atoms with van der Waals surface area (Å²) in [5.41, 5.74) is 4.63. The van der Waals surface area contributed by atoms with Gasteiger partial charge in [0.1, 0.15) is 17.5 Å². The molecule has 4 rings (SSSR count). The Morgan fingerprint density at radius 3 is 2.47 bits per heavy atom. The van der Waals surface area contributed by atoms with Gasteiger partial charge in [-0.25, -0.2) is 4.99 Å². The number of benzene rings is 3. The fourth-order valence-electron chi connectivity index (χ4n) is 3.76. The summed E-state index contributed by atoms with van der Waals surface area (Å²) in [4.78, 5) is 32.3. The average molecular weight is 497 g/mol. The van der Waals surface area contributed by atoms with E-state index in [-0.39, 0.29) is 23.3 Å². The lowest BCUT2D eigenvalue weighted by Crippen LogP contribution is -2.31. The number of carbonyl (C=O) groups is 2. The van der Waals surface area contributed by atoms with Crippen LogP contribution in [-0.2, 0) is 9.59 Å². The monoisotopic (exact) mass is 496 g/mol. The smallest absolute Gasteiger partial charge is 0.283 e. The van der Waals surface area contributed by atoms with Crippen LogP contribution < -0.4 is 15.0 Å². The van der Waals surface area contributed by atoms with Gasteiger partial charge in [0.25, 0.3) is 5.91 Å². The number of para-hydroxylation sites is 1. The van der Waals surface area contributed by atoms with Crippen molar-refractivity contribution in [2.75, 3.05) is 23.1 Å². The van der Waals surface area contributed by atoms with Crippen LogP contribution in [0, 0.1) is 25.2 Å². The highest BCUT2D eigenvalue weighted by Crippen LogP contribution is 2.31. The number of nitrogens with one attached hydrogen (secondary N) is 1. The first kappa shape index (κ1) is 24.8. The molecule has 0 saturated carbocycles. The Bertz CT molecular complexity index is 1400. The Hall–Kier alpha value is -4.35. The second-order valence-electron chi connectivity index (χ2n) is 8.18. The number of ether oxygens (including phenoxy) is 1. The lowest BCUT2D eigenvalue weighted by Gasteiger charge is -2.19. The van der Waals surface area contributed by atoms with Crippen LogP contribution in [0.4, 0.5) is 11.4 Å². The van der Waals surface area contributed by atoms with E-state index in [0.717, 1.165) is 34.2 Å². The fraction of sp³-hybridized carbons (Fsp3) is 0.143. The van der Waals surface area contributed by atoms with Crippen LogP contribution in [0.3, 0.4) is 0 Å². The molecule has 0 aromatic heterocycles. The van der Waals surface area contributed by atoms with Crippen molar-refractivity contribution in [3.8, 4) is 11.8 Å². The van der Waals surface area contributed by atoms with Crippen molar-refractivity contribution in [2.24, 2.45) is 4.99 Å². The number of anilines is 2. The Morgan fingerprint density at radius 2 is 1.81 bits per heavy atom. The maximum Gasteiger partial charge on any atom is 0.283 e. The van der Waals surface area contributed by atoms with Gasteiger partial charge in [-0.1, -0.05) is 42.1 Å². The molecule has 1 heterocycles. The number of nitrogens with zero attached hydrogens (tertiary/aromatic N) is 3. The van der Waals surface area contributed by atoms with Crippen LogP contribution in [-0.4, -0.2) is 29.8 Å². The molecule has 1 aliphatic heterocycles. The normalized spacial score (nSPS) is 13.9. The Labute approximate surface area is 214 Å². The van der Waals surface area contributed by atoms with Gasteiger partial charge in [-0.2, -0.15) is 5.26 Å². The summed E-state index contributed by atoms with van der Waals surface area (Å²) in [5, 5.41) is 12.4. The van der Waals surface area contributed by atoms with E-state index in [1.807, 2.05) is 56.3 Å². The maximum absolute atomic E-state index is 13.5. The zero-order chi connectivity index (χ0) is 25.7. The molecule has 0 aliphatic carbocycles. The SMILES string of the molecule is COc1ccc(/C=C2\N=C(SCC(=O)Nc3ccccc3C#N)N(c3cc(C)cc(C)c3)C2=O)cc1. The number of hydrogen-bond donors (Lipinski definition) is 1. The molecule has 3 aromatic carbocycles. The summed E-state index contributed by atoms with van der Waals surface area (Å²) in [6.45, 7) is 3.93. The molecule has 0 atom stereocenters. The molecular formula is C28H24N4O3S. The van der Waals surface area contributed by atoms with Crippen molar-refractivity contribution in [3.05, 3.63) is 94.7 Å². The van der Waals surface area contributed by atoms with Gasteiger partial charge < -0.3 is 10.1 Å². The van der Waals surface area contributed by atoms with Crippen LogP contribution in [0.25, 0.3) is 6.08 Å². The maximum atomic E-state index is 13.5. The summed E-state index contributed by atoms with van der Waals surface area (Å²) in [5.74, 6) is 0.165. The van der Waals surface area contributed by atoms with Crippen LogP contribution in [0.2, 0.25) is 0 Å². The number of aliphatic imine (C=N–C) groups is 1. The van der Waals surface area contributed by atoms with Gasteiger partial charge in [-0.3, -0.25) is 14.5 Å². The number of nitriles is 1. The average Bonchev–Trinajstić information content (AvgIpc) is 3.17. The lowest BCUT2D eigenvalue weighted by molar-refractivity contribution is -0.114. The Kier molecular flexibility index (Phi) is 7.52. The zero-order valence-electron chi connectivity index (χ0n) is 20.1. The quantitative estimate of drug-likeness (QED) is 0.468. The van der Waals surface area contributed by atoms with Gasteiger partial charge >= 0.3 is 0 Å². The van der Waals surface area contributed by atoms with E-state index in [2.05, 4.69) is 16.4 Å². The minimum atomic E-state index is -0.300. The minimum Gasteiger partial charge on any atom is -0.497 e. The number of amides is 2. The van der Waals surface area contributed by atoms with E-state index in [9.17, 15) is 14.9 Å². The highest BCUT2D eigenvalue weighted by molar-refractivity contribution is 8.14. The molecule has 180 valence electrons. The van der Waals surface area contributed by atoms with Crippen molar-refractivity contribution in [1.29, 1.82) is 5.26 Å². The second kappa shape index (κ2) is 10.9. The molecule has 1 aliphatic rings. The minimum absolute atomic E-state index is 0.0169. The molecule has 0 unspecified atom stereocenters. The summed E-state index contributed by atoms with van der Waals surface area (Å²) in [7, 11) is 1.60. The molecule has 0 saturated heterocycles. The molecule has 8 heteroatoms. The predicted molar refractivity (Wildman–Crippen MR) is 144 cm³/mol. The van der Waals surface area contributed by atoms with Gasteiger partial charge in [0.15, 0.2) is 5.17 Å². The van der Waals surface area contributed by atoms with Crippen LogP contribution in [0.5, 0.6) is 5.75 Å². The van der Waals surface area contributed by atoms with Gasteiger partial charge in [0.05, 0.1) is 29.8 Å². The summed E-state index contributed by atoms with van der Waals surface area (Å²) >= 11 is 1.16. The van der Waals surface area contributed by atoms with E-state index in [0.29, 0.717) is 22.1 Å². The van der Waals surface area contributed by atoms with Crippen LogP contribution in [0.1, 0.15) is 22.3 Å². The van der Waals surface area contributed by atoms with Gasteiger partial charge in [-0.15, -0.1) is 0 Å².